The van der Waals surface area contributed by atoms with Gasteiger partial charge in [0, 0.05) is 10.4 Å². The third-order valence-electron chi connectivity index (χ3n) is 4.39. The van der Waals surface area contributed by atoms with Crippen LogP contribution in [0.5, 0.6) is 0 Å². The van der Waals surface area contributed by atoms with Crippen molar-refractivity contribution in [1.29, 1.82) is 0 Å². The first-order valence-electron chi connectivity index (χ1n) is 7.08. The predicted molar refractivity (Wildman–Crippen MR) is 79.3 cm³/mol. The average Bonchev–Trinajstić information content (AvgIpc) is 2.81. The molecule has 0 amide bonds. The molecule has 1 saturated carbocycles. The van der Waals surface area contributed by atoms with E-state index in [0.717, 1.165) is 27.7 Å². The highest BCUT2D eigenvalue weighted by Crippen LogP contribution is 2.37. The van der Waals surface area contributed by atoms with E-state index in [1.807, 2.05) is 24.3 Å². The van der Waals surface area contributed by atoms with Gasteiger partial charge in [-0.3, -0.25) is 0 Å². The second-order valence-electron chi connectivity index (χ2n) is 5.88. The van der Waals surface area contributed by atoms with Gasteiger partial charge < -0.3 is 10.2 Å². The Bertz CT molecular complexity index is 569. The average molecular weight is 278 g/mol. The summed E-state index contributed by atoms with van der Waals surface area (Å²) in [5.74, 6) is 2.29. The molecular weight excluding hydrogens is 258 g/mol. The van der Waals surface area contributed by atoms with Crippen LogP contribution in [-0.2, 0) is 0 Å². The lowest BCUT2D eigenvalue weighted by molar-refractivity contribution is 0.241. The third kappa shape index (κ3) is 2.65. The second-order valence-corrected chi connectivity index (χ2v) is 6.31. The van der Waals surface area contributed by atoms with Gasteiger partial charge in [0.05, 0.1) is 6.04 Å². The minimum Gasteiger partial charge on any atom is -0.459 e. The molecule has 102 valence electrons. The molecule has 0 bridgehead atoms. The van der Waals surface area contributed by atoms with Crippen molar-refractivity contribution in [3.05, 3.63) is 35.0 Å². The molecule has 1 heterocycles. The monoisotopic (exact) mass is 277 g/mol. The van der Waals surface area contributed by atoms with Crippen LogP contribution < -0.4 is 5.73 Å². The van der Waals surface area contributed by atoms with Crippen molar-refractivity contribution >= 4 is 22.6 Å². The smallest absolute Gasteiger partial charge is 0.134 e. The maximum atomic E-state index is 6.39. The molecule has 1 unspecified atom stereocenters. The first-order valence-corrected chi connectivity index (χ1v) is 7.46. The van der Waals surface area contributed by atoms with Crippen molar-refractivity contribution in [2.45, 2.75) is 38.6 Å². The zero-order valence-electron chi connectivity index (χ0n) is 11.2. The Balaban J connectivity index is 1.83. The lowest BCUT2D eigenvalue weighted by Gasteiger charge is -2.29. The maximum absolute atomic E-state index is 6.39. The maximum Gasteiger partial charge on any atom is 0.134 e. The molecule has 1 aliphatic carbocycles. The van der Waals surface area contributed by atoms with Crippen LogP contribution >= 0.6 is 11.6 Å². The van der Waals surface area contributed by atoms with Gasteiger partial charge in [0.1, 0.15) is 11.3 Å². The highest BCUT2D eigenvalue weighted by Gasteiger charge is 2.26. The molecule has 3 rings (SSSR count). The number of hydrogen-bond acceptors (Lipinski definition) is 2. The minimum absolute atomic E-state index is 0.0127. The van der Waals surface area contributed by atoms with Gasteiger partial charge in [0.15, 0.2) is 0 Å². The summed E-state index contributed by atoms with van der Waals surface area (Å²) in [6.07, 6.45) is 4.98. The van der Waals surface area contributed by atoms with Gasteiger partial charge in [-0.25, -0.2) is 0 Å². The Hall–Kier alpha value is -0.990. The van der Waals surface area contributed by atoms with Crippen molar-refractivity contribution in [3.8, 4) is 0 Å². The fourth-order valence-corrected chi connectivity index (χ4v) is 3.26. The van der Waals surface area contributed by atoms with Crippen molar-refractivity contribution in [1.82, 2.24) is 0 Å². The van der Waals surface area contributed by atoms with Crippen LogP contribution in [0.15, 0.2) is 28.7 Å². The van der Waals surface area contributed by atoms with E-state index in [1.165, 1.54) is 25.7 Å². The Kier molecular flexibility index (Phi) is 3.55. The normalized spacial score (nSPS) is 25.6. The molecule has 0 aliphatic heterocycles. The fourth-order valence-electron chi connectivity index (χ4n) is 3.08. The van der Waals surface area contributed by atoms with Crippen LogP contribution in [-0.4, -0.2) is 0 Å². The van der Waals surface area contributed by atoms with Crippen LogP contribution in [0.2, 0.25) is 5.02 Å². The van der Waals surface area contributed by atoms with Gasteiger partial charge in [-0.05, 0) is 48.9 Å². The minimum atomic E-state index is 0.0127. The Morgan fingerprint density at radius 3 is 2.68 bits per heavy atom. The number of fused-ring (bicyclic) bond motifs is 1. The molecule has 3 heteroatoms. The van der Waals surface area contributed by atoms with E-state index in [1.54, 1.807) is 0 Å². The van der Waals surface area contributed by atoms with Crippen molar-refractivity contribution in [2.75, 3.05) is 0 Å². The molecule has 0 spiro atoms. The van der Waals surface area contributed by atoms with Crippen molar-refractivity contribution < 1.29 is 4.42 Å². The van der Waals surface area contributed by atoms with Gasteiger partial charge in [0.2, 0.25) is 0 Å². The molecular formula is C16H20ClNO. The summed E-state index contributed by atoms with van der Waals surface area (Å²) in [6, 6.07) is 7.75. The molecule has 1 aromatic carbocycles. The Morgan fingerprint density at radius 1 is 1.21 bits per heavy atom. The van der Waals surface area contributed by atoms with Gasteiger partial charge in [0.25, 0.3) is 0 Å². The quantitative estimate of drug-likeness (QED) is 0.847. The number of nitrogens with two attached hydrogens (primary N) is 1. The topological polar surface area (TPSA) is 39.2 Å². The Labute approximate surface area is 118 Å². The predicted octanol–water partition coefficient (Wildman–Crippen LogP) is 4.91. The molecule has 1 fully saturated rings. The second kappa shape index (κ2) is 5.18. The van der Waals surface area contributed by atoms with E-state index in [-0.39, 0.29) is 6.04 Å². The molecule has 19 heavy (non-hydrogen) atoms. The SMILES string of the molecule is CC1CCC(C(N)c2cc3cc(Cl)ccc3o2)CC1. The summed E-state index contributed by atoms with van der Waals surface area (Å²) in [7, 11) is 0. The summed E-state index contributed by atoms with van der Waals surface area (Å²) < 4.78 is 5.88. The van der Waals surface area contributed by atoms with E-state index < -0.39 is 0 Å². The molecule has 1 aromatic heterocycles. The van der Waals surface area contributed by atoms with E-state index in [2.05, 4.69) is 6.92 Å². The first-order chi connectivity index (χ1) is 9.13. The van der Waals surface area contributed by atoms with Crippen LogP contribution in [0.3, 0.4) is 0 Å². The highest BCUT2D eigenvalue weighted by molar-refractivity contribution is 6.31. The number of rotatable bonds is 2. The standard InChI is InChI=1S/C16H20ClNO/c1-10-2-4-11(5-3-10)16(18)15-9-12-8-13(17)6-7-14(12)19-15/h6-11,16H,2-5,18H2,1H3. The van der Waals surface area contributed by atoms with E-state index in [9.17, 15) is 0 Å². The molecule has 0 saturated heterocycles. The number of hydrogen-bond donors (Lipinski definition) is 1. The van der Waals surface area contributed by atoms with E-state index in [4.69, 9.17) is 21.8 Å². The molecule has 0 radical (unpaired) electrons. The molecule has 1 aliphatic rings. The fraction of sp³-hybridized carbons (Fsp3) is 0.500. The number of halogens is 1. The summed E-state index contributed by atoms with van der Waals surface area (Å²) in [4.78, 5) is 0. The third-order valence-corrected chi connectivity index (χ3v) is 4.63. The van der Waals surface area contributed by atoms with Gasteiger partial charge in [-0.15, -0.1) is 0 Å². The van der Waals surface area contributed by atoms with Crippen LogP contribution in [0, 0.1) is 11.8 Å². The first kappa shape index (κ1) is 13.0. The summed E-state index contributed by atoms with van der Waals surface area (Å²) in [5.41, 5.74) is 7.26. The van der Waals surface area contributed by atoms with Crippen molar-refractivity contribution in [2.24, 2.45) is 17.6 Å². The molecule has 2 aromatic rings. The highest BCUT2D eigenvalue weighted by atomic mass is 35.5. The zero-order chi connectivity index (χ0) is 13.4. The molecule has 1 atom stereocenters. The molecule has 2 N–H and O–H groups in total. The van der Waals surface area contributed by atoms with Crippen LogP contribution in [0.1, 0.15) is 44.4 Å². The number of furan rings is 1. The van der Waals surface area contributed by atoms with Gasteiger partial charge >= 0.3 is 0 Å². The van der Waals surface area contributed by atoms with Gasteiger partial charge in [-0.2, -0.15) is 0 Å². The Morgan fingerprint density at radius 2 is 1.95 bits per heavy atom. The lowest BCUT2D eigenvalue weighted by Crippen LogP contribution is -2.25. The molecule has 2 nitrogen and oxygen atoms in total. The van der Waals surface area contributed by atoms with Crippen LogP contribution in [0.25, 0.3) is 11.0 Å². The summed E-state index contributed by atoms with van der Waals surface area (Å²) >= 11 is 6.00. The lowest BCUT2D eigenvalue weighted by atomic mass is 9.79. The zero-order valence-corrected chi connectivity index (χ0v) is 12.0. The largest absolute Gasteiger partial charge is 0.459 e. The number of benzene rings is 1. The summed E-state index contributed by atoms with van der Waals surface area (Å²) in [6.45, 7) is 2.32. The van der Waals surface area contributed by atoms with Crippen molar-refractivity contribution in [3.63, 3.8) is 0 Å². The summed E-state index contributed by atoms with van der Waals surface area (Å²) in [5, 5.41) is 1.78. The van der Waals surface area contributed by atoms with E-state index >= 15 is 0 Å². The van der Waals surface area contributed by atoms with Gasteiger partial charge in [-0.1, -0.05) is 31.4 Å². The van der Waals surface area contributed by atoms with E-state index in [0.29, 0.717) is 5.92 Å². The van der Waals surface area contributed by atoms with Crippen LogP contribution in [0.4, 0.5) is 0 Å².